The summed E-state index contributed by atoms with van der Waals surface area (Å²) in [5.41, 5.74) is 5.78. The Hall–Kier alpha value is -0.610. The van der Waals surface area contributed by atoms with Crippen LogP contribution in [0.3, 0.4) is 0 Å². The molecule has 0 bridgehead atoms. The van der Waals surface area contributed by atoms with Gasteiger partial charge in [0.05, 0.1) is 6.04 Å². The molecule has 4 nitrogen and oxygen atoms in total. The molecule has 94 valence electrons. The van der Waals surface area contributed by atoms with Crippen LogP contribution in [-0.2, 0) is 4.79 Å². The van der Waals surface area contributed by atoms with Crippen LogP contribution in [0, 0.1) is 0 Å². The van der Waals surface area contributed by atoms with Crippen molar-refractivity contribution in [3.8, 4) is 0 Å². The van der Waals surface area contributed by atoms with Crippen LogP contribution in [0.4, 0.5) is 0 Å². The Morgan fingerprint density at radius 2 is 2.31 bits per heavy atom. The van der Waals surface area contributed by atoms with Gasteiger partial charge in [-0.3, -0.25) is 4.79 Å². The van der Waals surface area contributed by atoms with Gasteiger partial charge in [0.1, 0.15) is 0 Å². The second-order valence-corrected chi connectivity index (χ2v) is 4.95. The first kappa shape index (κ1) is 13.5. The van der Waals surface area contributed by atoms with Crippen LogP contribution in [0.25, 0.3) is 0 Å². The van der Waals surface area contributed by atoms with Crippen molar-refractivity contribution in [3.63, 3.8) is 0 Å². The number of amides is 1. The second-order valence-electron chi connectivity index (χ2n) is 4.95. The first-order valence-corrected chi connectivity index (χ1v) is 6.30. The fourth-order valence-corrected chi connectivity index (χ4v) is 2.17. The lowest BCUT2D eigenvalue weighted by atomic mass is 9.98. The van der Waals surface area contributed by atoms with Gasteiger partial charge in [0.2, 0.25) is 5.91 Å². The van der Waals surface area contributed by atoms with Crippen molar-refractivity contribution in [2.75, 3.05) is 13.6 Å². The van der Waals surface area contributed by atoms with Gasteiger partial charge in [-0.25, -0.2) is 0 Å². The van der Waals surface area contributed by atoms with E-state index in [-0.39, 0.29) is 11.9 Å². The molecule has 1 rings (SSSR count). The Bertz CT molecular complexity index is 232. The summed E-state index contributed by atoms with van der Waals surface area (Å²) >= 11 is 0. The van der Waals surface area contributed by atoms with E-state index in [1.807, 2.05) is 6.92 Å². The predicted octanol–water partition coefficient (Wildman–Crippen LogP) is 0.713. The summed E-state index contributed by atoms with van der Waals surface area (Å²) in [7, 11) is 2.13. The number of hydrogen-bond donors (Lipinski definition) is 2. The molecular formula is C12H25N3O. The zero-order valence-corrected chi connectivity index (χ0v) is 10.7. The van der Waals surface area contributed by atoms with Gasteiger partial charge in [-0.2, -0.15) is 0 Å². The molecule has 1 saturated heterocycles. The van der Waals surface area contributed by atoms with Crippen molar-refractivity contribution in [2.45, 2.75) is 57.7 Å². The minimum absolute atomic E-state index is 0.0172. The highest BCUT2D eigenvalue weighted by molar-refractivity contribution is 5.81. The van der Waals surface area contributed by atoms with Crippen LogP contribution in [0.2, 0.25) is 0 Å². The van der Waals surface area contributed by atoms with Gasteiger partial charge in [0, 0.05) is 18.6 Å². The third-order valence-corrected chi connectivity index (χ3v) is 3.49. The molecule has 0 radical (unpaired) electrons. The van der Waals surface area contributed by atoms with Crippen molar-refractivity contribution in [2.24, 2.45) is 5.73 Å². The highest BCUT2D eigenvalue weighted by Gasteiger charge is 2.25. The van der Waals surface area contributed by atoms with E-state index in [2.05, 4.69) is 24.2 Å². The maximum atomic E-state index is 11.7. The Morgan fingerprint density at radius 1 is 1.62 bits per heavy atom. The van der Waals surface area contributed by atoms with Gasteiger partial charge >= 0.3 is 0 Å². The summed E-state index contributed by atoms with van der Waals surface area (Å²) in [4.78, 5) is 14.1. The smallest absolute Gasteiger partial charge is 0.237 e. The van der Waals surface area contributed by atoms with Gasteiger partial charge in [-0.1, -0.05) is 13.3 Å². The maximum Gasteiger partial charge on any atom is 0.237 e. The number of carbonyl (C=O) groups excluding carboxylic acids is 1. The topological polar surface area (TPSA) is 58.4 Å². The number of hydrogen-bond acceptors (Lipinski definition) is 3. The average molecular weight is 227 g/mol. The Kier molecular flexibility index (Phi) is 5.22. The fraction of sp³-hybridized carbons (Fsp3) is 0.917. The zero-order chi connectivity index (χ0) is 12.1. The van der Waals surface area contributed by atoms with E-state index in [0.29, 0.717) is 12.1 Å². The van der Waals surface area contributed by atoms with Crippen molar-refractivity contribution >= 4 is 5.91 Å². The lowest BCUT2D eigenvalue weighted by Gasteiger charge is -2.35. The molecular weight excluding hydrogens is 202 g/mol. The molecule has 16 heavy (non-hydrogen) atoms. The summed E-state index contributed by atoms with van der Waals surface area (Å²) in [5.74, 6) is 0.0172. The summed E-state index contributed by atoms with van der Waals surface area (Å²) in [6.45, 7) is 5.30. The van der Waals surface area contributed by atoms with Crippen LogP contribution in [0.1, 0.15) is 39.5 Å². The summed E-state index contributed by atoms with van der Waals surface area (Å²) in [6, 6.07) is 0.517. The average Bonchev–Trinajstić information content (AvgIpc) is 2.24. The summed E-state index contributed by atoms with van der Waals surface area (Å²) < 4.78 is 0. The number of likely N-dealkylation sites (tertiary alicyclic amines) is 1. The van der Waals surface area contributed by atoms with Gasteiger partial charge in [0.25, 0.3) is 0 Å². The minimum Gasteiger partial charge on any atom is -0.352 e. The van der Waals surface area contributed by atoms with Crippen LogP contribution < -0.4 is 11.1 Å². The van der Waals surface area contributed by atoms with Gasteiger partial charge in [0.15, 0.2) is 0 Å². The van der Waals surface area contributed by atoms with Crippen molar-refractivity contribution in [1.29, 1.82) is 0 Å². The van der Waals surface area contributed by atoms with Crippen LogP contribution in [0.15, 0.2) is 0 Å². The number of nitrogens with two attached hydrogens (primary N) is 1. The minimum atomic E-state index is -0.333. The SMILES string of the molecule is CCCC(N)C(=O)NC1CCN(C)C(C)C1. The van der Waals surface area contributed by atoms with E-state index >= 15 is 0 Å². The molecule has 0 spiro atoms. The standard InChI is InChI=1S/C12H25N3O/c1-4-5-11(13)12(16)14-10-6-7-15(3)9(2)8-10/h9-11H,4-8,13H2,1-3H3,(H,14,16). The molecule has 3 N–H and O–H groups in total. The monoisotopic (exact) mass is 227 g/mol. The van der Waals surface area contributed by atoms with Gasteiger partial charge in [-0.15, -0.1) is 0 Å². The quantitative estimate of drug-likeness (QED) is 0.744. The first-order valence-electron chi connectivity index (χ1n) is 6.30. The van der Waals surface area contributed by atoms with Crippen molar-refractivity contribution < 1.29 is 4.79 Å². The molecule has 0 aromatic heterocycles. The Balaban J connectivity index is 2.34. The maximum absolute atomic E-state index is 11.7. The molecule has 0 aliphatic carbocycles. The lowest BCUT2D eigenvalue weighted by Crippen LogP contribution is -2.51. The lowest BCUT2D eigenvalue weighted by molar-refractivity contribution is -0.123. The van der Waals surface area contributed by atoms with E-state index < -0.39 is 0 Å². The molecule has 3 unspecified atom stereocenters. The molecule has 1 aliphatic heterocycles. The highest BCUT2D eigenvalue weighted by Crippen LogP contribution is 2.15. The van der Waals surface area contributed by atoms with E-state index in [1.165, 1.54) is 0 Å². The zero-order valence-electron chi connectivity index (χ0n) is 10.7. The molecule has 1 aliphatic rings. The van der Waals surface area contributed by atoms with E-state index in [4.69, 9.17) is 5.73 Å². The Morgan fingerprint density at radius 3 is 2.88 bits per heavy atom. The fourth-order valence-electron chi connectivity index (χ4n) is 2.17. The van der Waals surface area contributed by atoms with E-state index in [0.717, 1.165) is 32.2 Å². The highest BCUT2D eigenvalue weighted by atomic mass is 16.2. The number of carbonyl (C=O) groups is 1. The van der Waals surface area contributed by atoms with Crippen molar-refractivity contribution in [1.82, 2.24) is 10.2 Å². The molecule has 0 aromatic rings. The summed E-state index contributed by atoms with van der Waals surface area (Å²) in [6.07, 6.45) is 3.79. The molecule has 3 atom stereocenters. The number of nitrogens with one attached hydrogen (secondary N) is 1. The first-order chi connectivity index (χ1) is 7.54. The van der Waals surface area contributed by atoms with Gasteiger partial charge in [-0.05, 0) is 33.2 Å². The largest absolute Gasteiger partial charge is 0.352 e. The Labute approximate surface area is 98.6 Å². The number of rotatable bonds is 4. The summed E-state index contributed by atoms with van der Waals surface area (Å²) in [5, 5.41) is 3.06. The van der Waals surface area contributed by atoms with Gasteiger partial charge < -0.3 is 16.0 Å². The second kappa shape index (κ2) is 6.21. The normalized spacial score (nSPS) is 28.8. The molecule has 0 saturated carbocycles. The van der Waals surface area contributed by atoms with E-state index in [1.54, 1.807) is 0 Å². The predicted molar refractivity (Wildman–Crippen MR) is 66.1 cm³/mol. The molecule has 1 fully saturated rings. The third-order valence-electron chi connectivity index (χ3n) is 3.49. The number of piperidine rings is 1. The van der Waals surface area contributed by atoms with E-state index in [9.17, 15) is 4.79 Å². The van der Waals surface area contributed by atoms with Crippen molar-refractivity contribution in [3.05, 3.63) is 0 Å². The molecule has 0 aromatic carbocycles. The third kappa shape index (κ3) is 3.76. The van der Waals surface area contributed by atoms with Crippen LogP contribution in [-0.4, -0.2) is 42.5 Å². The molecule has 1 heterocycles. The number of nitrogens with zero attached hydrogens (tertiary/aromatic N) is 1. The molecule has 1 amide bonds. The van der Waals surface area contributed by atoms with Crippen LogP contribution >= 0.6 is 0 Å². The molecule has 4 heteroatoms. The van der Waals surface area contributed by atoms with Crippen LogP contribution in [0.5, 0.6) is 0 Å².